The summed E-state index contributed by atoms with van der Waals surface area (Å²) in [7, 11) is 1.82. The maximum atomic E-state index is 10.6. The lowest BCUT2D eigenvalue weighted by Crippen LogP contribution is -2.21. The van der Waals surface area contributed by atoms with E-state index in [9.17, 15) is 13.2 Å². The lowest BCUT2D eigenvalue weighted by molar-refractivity contribution is -0.192. The molecule has 2 rings (SSSR count). The molecule has 0 aliphatic carbocycles. The van der Waals surface area contributed by atoms with Crippen molar-refractivity contribution in [2.45, 2.75) is 6.18 Å². The minimum atomic E-state index is -5.08. The molecule has 0 saturated carbocycles. The number of nitrogens with zero attached hydrogens (tertiary/aromatic N) is 2. The van der Waals surface area contributed by atoms with Crippen molar-refractivity contribution in [1.29, 1.82) is 0 Å². The highest BCUT2D eigenvalue weighted by Crippen LogP contribution is 2.37. The van der Waals surface area contributed by atoms with E-state index in [4.69, 9.17) is 37.7 Å². The monoisotopic (exact) mass is 380 g/mol. The normalized spacial score (nSPS) is 10.8. The van der Waals surface area contributed by atoms with Gasteiger partial charge in [0.05, 0.1) is 22.6 Å². The molecule has 11 heteroatoms. The summed E-state index contributed by atoms with van der Waals surface area (Å²) in [4.78, 5) is 8.90. The lowest BCUT2D eigenvalue weighted by atomic mass is 10.1. The van der Waals surface area contributed by atoms with Gasteiger partial charge in [-0.05, 0) is 12.1 Å². The average molecular weight is 381 g/mol. The smallest absolute Gasteiger partial charge is 0.489 e. The molecule has 0 amide bonds. The van der Waals surface area contributed by atoms with Crippen molar-refractivity contribution < 1.29 is 27.8 Å². The number of nitrogens with two attached hydrogens (primary N) is 2. The first-order chi connectivity index (χ1) is 11.6. The fourth-order valence-electron chi connectivity index (χ4n) is 1.78. The number of para-hydroxylation sites is 1. The number of halogens is 4. The van der Waals surface area contributed by atoms with E-state index in [1.165, 1.54) is 0 Å². The van der Waals surface area contributed by atoms with Gasteiger partial charge in [-0.25, -0.2) is 4.79 Å². The fourth-order valence-corrected chi connectivity index (χ4v) is 2.04. The van der Waals surface area contributed by atoms with Crippen molar-refractivity contribution in [3.05, 3.63) is 29.4 Å². The molecule has 5 N–H and O–H groups in total. The Balaban J connectivity index is 0.000000381. The molecule has 0 atom stereocenters. The van der Waals surface area contributed by atoms with Crippen LogP contribution in [0.2, 0.25) is 5.02 Å². The molecule has 1 aromatic heterocycles. The molecule has 0 saturated heterocycles. The molecule has 2 aromatic rings. The van der Waals surface area contributed by atoms with Crippen molar-refractivity contribution in [3.8, 4) is 17.0 Å². The maximum Gasteiger partial charge on any atom is 0.490 e. The third-order valence-electron chi connectivity index (χ3n) is 2.80. The van der Waals surface area contributed by atoms with Crippen LogP contribution in [0.1, 0.15) is 0 Å². The first-order valence-corrected chi connectivity index (χ1v) is 7.16. The molecule has 0 unspecified atom stereocenters. The van der Waals surface area contributed by atoms with Gasteiger partial charge < -0.3 is 21.3 Å². The summed E-state index contributed by atoms with van der Waals surface area (Å²) in [5.41, 5.74) is 13.5. The Labute approximate surface area is 145 Å². The predicted molar refractivity (Wildman–Crippen MR) is 86.3 cm³/mol. The lowest BCUT2D eigenvalue weighted by Gasteiger charge is -2.13. The summed E-state index contributed by atoms with van der Waals surface area (Å²) in [6.45, 7) is 0.823. The number of hydrogen-bond acceptors (Lipinski definition) is 5. The van der Waals surface area contributed by atoms with Crippen molar-refractivity contribution in [2.24, 2.45) is 12.8 Å². The van der Waals surface area contributed by atoms with Gasteiger partial charge in [0.2, 0.25) is 0 Å². The van der Waals surface area contributed by atoms with Gasteiger partial charge in [0, 0.05) is 19.2 Å². The number of carboxylic acids is 1. The third kappa shape index (κ3) is 5.54. The number of ether oxygens (including phenoxy) is 1. The van der Waals surface area contributed by atoms with Crippen molar-refractivity contribution >= 4 is 23.3 Å². The van der Waals surface area contributed by atoms with Gasteiger partial charge in [-0.3, -0.25) is 4.68 Å². The van der Waals surface area contributed by atoms with Gasteiger partial charge in [0.1, 0.15) is 6.61 Å². The van der Waals surface area contributed by atoms with E-state index < -0.39 is 12.1 Å². The maximum absolute atomic E-state index is 10.6. The SMILES string of the molecule is Cn1ncc(Cl)c1-c1cccc(N)c1OCCN.O=C(O)C(F)(F)F. The van der Waals surface area contributed by atoms with E-state index in [2.05, 4.69) is 5.10 Å². The first kappa shape index (κ1) is 20.6. The minimum absolute atomic E-state index is 0.399. The van der Waals surface area contributed by atoms with Crippen LogP contribution in [0.4, 0.5) is 18.9 Å². The van der Waals surface area contributed by atoms with Crippen LogP contribution >= 0.6 is 11.6 Å². The third-order valence-corrected chi connectivity index (χ3v) is 3.08. The standard InChI is InChI=1S/C12H15ClN4O.C2HF3O2/c1-17-11(9(13)7-16-17)8-3-2-4-10(15)12(8)18-6-5-14;3-2(4,5)1(6)7/h2-4,7H,5-6,14-15H2,1H3;(H,6,7). The highest BCUT2D eigenvalue weighted by molar-refractivity contribution is 6.33. The minimum Gasteiger partial charge on any atom is -0.489 e. The van der Waals surface area contributed by atoms with Crippen LogP contribution in [0.3, 0.4) is 0 Å². The molecule has 138 valence electrons. The van der Waals surface area contributed by atoms with Gasteiger partial charge in [-0.2, -0.15) is 18.3 Å². The van der Waals surface area contributed by atoms with Crippen molar-refractivity contribution in [3.63, 3.8) is 0 Å². The van der Waals surface area contributed by atoms with E-state index in [-0.39, 0.29) is 0 Å². The van der Waals surface area contributed by atoms with Gasteiger partial charge in [0.25, 0.3) is 0 Å². The van der Waals surface area contributed by atoms with Crippen LogP contribution in [0, 0.1) is 0 Å². The Bertz CT molecular complexity index is 715. The molecular formula is C14H16ClF3N4O3. The van der Waals surface area contributed by atoms with E-state index in [1.54, 1.807) is 16.9 Å². The largest absolute Gasteiger partial charge is 0.490 e. The molecule has 1 aromatic carbocycles. The zero-order chi connectivity index (χ0) is 19.2. The molecule has 7 nitrogen and oxygen atoms in total. The molecule has 0 aliphatic rings. The number of benzene rings is 1. The Kier molecular flexibility index (Phi) is 7.07. The second-order valence-corrected chi connectivity index (χ2v) is 5.04. The number of rotatable bonds is 4. The number of carbonyl (C=O) groups is 1. The molecule has 0 spiro atoms. The first-order valence-electron chi connectivity index (χ1n) is 6.79. The average Bonchev–Trinajstić information content (AvgIpc) is 2.84. The quantitative estimate of drug-likeness (QED) is 0.701. The van der Waals surface area contributed by atoms with Crippen LogP contribution in [0.15, 0.2) is 24.4 Å². The molecule has 0 bridgehead atoms. The summed E-state index contributed by atoms with van der Waals surface area (Å²) in [6.07, 6.45) is -3.49. The summed E-state index contributed by atoms with van der Waals surface area (Å²) in [5, 5.41) is 11.8. The van der Waals surface area contributed by atoms with E-state index in [0.29, 0.717) is 29.6 Å². The number of nitrogen functional groups attached to an aromatic ring is 1. The molecule has 0 aliphatic heterocycles. The van der Waals surface area contributed by atoms with Crippen LogP contribution in [0.25, 0.3) is 11.3 Å². The summed E-state index contributed by atoms with van der Waals surface area (Å²) >= 11 is 6.13. The molecule has 25 heavy (non-hydrogen) atoms. The van der Waals surface area contributed by atoms with Crippen molar-refractivity contribution in [1.82, 2.24) is 9.78 Å². The summed E-state index contributed by atoms with van der Waals surface area (Å²) in [6, 6.07) is 5.52. The number of aliphatic carboxylic acids is 1. The highest BCUT2D eigenvalue weighted by Gasteiger charge is 2.38. The number of aryl methyl sites for hydroxylation is 1. The predicted octanol–water partition coefficient (Wildman–Crippen LogP) is 2.29. The second-order valence-electron chi connectivity index (χ2n) is 4.63. The number of carboxylic acid groups (broad SMARTS) is 1. The van der Waals surface area contributed by atoms with E-state index in [0.717, 1.165) is 11.3 Å². The Morgan fingerprint density at radius 3 is 2.48 bits per heavy atom. The van der Waals surface area contributed by atoms with Crippen LogP contribution in [0.5, 0.6) is 5.75 Å². The molecule has 1 heterocycles. The van der Waals surface area contributed by atoms with Gasteiger partial charge >= 0.3 is 12.1 Å². The number of alkyl halides is 3. The topological polar surface area (TPSA) is 116 Å². The van der Waals surface area contributed by atoms with E-state index >= 15 is 0 Å². The van der Waals surface area contributed by atoms with Crippen molar-refractivity contribution in [2.75, 3.05) is 18.9 Å². The van der Waals surface area contributed by atoms with Gasteiger partial charge in [0.15, 0.2) is 5.75 Å². The van der Waals surface area contributed by atoms with E-state index in [1.807, 2.05) is 19.2 Å². The Hall–Kier alpha value is -2.46. The number of aromatic nitrogens is 2. The zero-order valence-corrected chi connectivity index (χ0v) is 13.8. The molecule has 0 radical (unpaired) electrons. The molecule has 0 fully saturated rings. The highest BCUT2D eigenvalue weighted by atomic mass is 35.5. The second kappa shape index (κ2) is 8.58. The molecular weight excluding hydrogens is 365 g/mol. The van der Waals surface area contributed by atoms with Crippen LogP contribution in [-0.4, -0.2) is 40.2 Å². The zero-order valence-electron chi connectivity index (χ0n) is 13.0. The van der Waals surface area contributed by atoms with Crippen LogP contribution in [-0.2, 0) is 11.8 Å². The fraction of sp³-hybridized carbons (Fsp3) is 0.286. The Morgan fingerprint density at radius 2 is 2.04 bits per heavy atom. The Morgan fingerprint density at radius 1 is 1.44 bits per heavy atom. The van der Waals surface area contributed by atoms with Crippen LogP contribution < -0.4 is 16.2 Å². The number of anilines is 1. The van der Waals surface area contributed by atoms with Gasteiger partial charge in [-0.1, -0.05) is 17.7 Å². The number of hydrogen-bond donors (Lipinski definition) is 3. The summed E-state index contributed by atoms with van der Waals surface area (Å²) in [5.74, 6) is -2.17. The van der Waals surface area contributed by atoms with Gasteiger partial charge in [-0.15, -0.1) is 0 Å². The summed E-state index contributed by atoms with van der Waals surface area (Å²) < 4.78 is 39.0.